The average Bonchev–Trinajstić information content (AvgIpc) is 2.91. The Morgan fingerprint density at radius 3 is 1.16 bits per heavy atom. The zero-order chi connectivity index (χ0) is 26.4. The number of non-ortho nitro benzene ring substituents is 2. The van der Waals surface area contributed by atoms with Gasteiger partial charge in [0.1, 0.15) is 0 Å². The van der Waals surface area contributed by atoms with E-state index < -0.39 is 19.7 Å². The molecule has 184 valence electrons. The molecule has 0 bridgehead atoms. The SMILES string of the molecule is O=[N+]([O-])c1ccc(N=Cc2ccc(S(=O)(=O)c3ccc(C=Nc4ccc([N+](=O)[O-])cc4)cc3)cc2)cc1. The van der Waals surface area contributed by atoms with E-state index in [1.807, 2.05) is 0 Å². The maximum atomic E-state index is 13.0. The fourth-order valence-corrected chi connectivity index (χ4v) is 4.48. The van der Waals surface area contributed by atoms with Crippen LogP contribution in [0.3, 0.4) is 0 Å². The first kappa shape index (κ1) is 25.1. The molecule has 0 heterocycles. The van der Waals surface area contributed by atoms with Crippen LogP contribution in [0, 0.1) is 20.2 Å². The summed E-state index contributed by atoms with van der Waals surface area (Å²) >= 11 is 0. The third kappa shape index (κ3) is 6.16. The molecule has 0 atom stereocenters. The Bertz CT molecular complexity index is 1480. The highest BCUT2D eigenvalue weighted by molar-refractivity contribution is 7.91. The van der Waals surface area contributed by atoms with Gasteiger partial charge in [-0.25, -0.2) is 8.42 Å². The lowest BCUT2D eigenvalue weighted by Gasteiger charge is -2.05. The lowest BCUT2D eigenvalue weighted by molar-refractivity contribution is -0.385. The molecule has 0 aliphatic rings. The summed E-state index contributed by atoms with van der Waals surface area (Å²) in [4.78, 5) is 29.2. The van der Waals surface area contributed by atoms with Crippen molar-refractivity contribution in [2.75, 3.05) is 0 Å². The highest BCUT2D eigenvalue weighted by Crippen LogP contribution is 2.23. The van der Waals surface area contributed by atoms with Crippen LogP contribution in [0.5, 0.6) is 0 Å². The van der Waals surface area contributed by atoms with E-state index in [-0.39, 0.29) is 21.2 Å². The number of aliphatic imine (C=N–C) groups is 2. The number of nitro benzene ring substituents is 2. The van der Waals surface area contributed by atoms with Crippen LogP contribution in [0.15, 0.2) is 117 Å². The van der Waals surface area contributed by atoms with Crippen molar-refractivity contribution in [2.24, 2.45) is 9.98 Å². The Kier molecular flexibility index (Phi) is 7.26. The third-order valence-corrected chi connectivity index (χ3v) is 7.01. The summed E-state index contributed by atoms with van der Waals surface area (Å²) in [5, 5.41) is 21.5. The number of sulfone groups is 1. The van der Waals surface area contributed by atoms with Crippen molar-refractivity contribution >= 4 is 45.0 Å². The number of benzene rings is 4. The molecule has 0 spiro atoms. The van der Waals surface area contributed by atoms with E-state index in [9.17, 15) is 28.6 Å². The Labute approximate surface area is 211 Å². The molecule has 4 rings (SSSR count). The molecule has 0 amide bonds. The molecule has 0 saturated carbocycles. The van der Waals surface area contributed by atoms with Gasteiger partial charge in [0.05, 0.1) is 31.0 Å². The van der Waals surface area contributed by atoms with Crippen molar-refractivity contribution in [1.29, 1.82) is 0 Å². The topological polar surface area (TPSA) is 145 Å². The Balaban J connectivity index is 1.44. The first-order chi connectivity index (χ1) is 17.7. The monoisotopic (exact) mass is 514 g/mol. The summed E-state index contributed by atoms with van der Waals surface area (Å²) in [5.41, 5.74) is 2.32. The van der Waals surface area contributed by atoms with Crippen molar-refractivity contribution in [3.8, 4) is 0 Å². The van der Waals surface area contributed by atoms with Crippen molar-refractivity contribution in [1.82, 2.24) is 0 Å². The van der Waals surface area contributed by atoms with Gasteiger partial charge in [0.15, 0.2) is 0 Å². The molecule has 0 fully saturated rings. The number of nitrogens with zero attached hydrogens (tertiary/aromatic N) is 4. The zero-order valence-corrected chi connectivity index (χ0v) is 19.9. The summed E-state index contributed by atoms with van der Waals surface area (Å²) in [5.74, 6) is 0. The average molecular weight is 515 g/mol. The highest BCUT2D eigenvalue weighted by atomic mass is 32.2. The lowest BCUT2D eigenvalue weighted by Crippen LogP contribution is -2.02. The quantitative estimate of drug-likeness (QED) is 0.164. The summed E-state index contributed by atoms with van der Waals surface area (Å²) in [7, 11) is -3.75. The third-order valence-electron chi connectivity index (χ3n) is 5.23. The van der Waals surface area contributed by atoms with E-state index in [0.717, 1.165) is 0 Å². The van der Waals surface area contributed by atoms with Gasteiger partial charge in [-0.2, -0.15) is 0 Å². The van der Waals surface area contributed by atoms with Gasteiger partial charge >= 0.3 is 0 Å². The second kappa shape index (κ2) is 10.7. The molecule has 0 N–H and O–H groups in total. The van der Waals surface area contributed by atoms with Crippen LogP contribution in [0.25, 0.3) is 0 Å². The molecular formula is C26H18N4O6S. The minimum absolute atomic E-state index is 0.0293. The van der Waals surface area contributed by atoms with Crippen molar-refractivity contribution < 1.29 is 18.3 Å². The molecule has 10 nitrogen and oxygen atoms in total. The van der Waals surface area contributed by atoms with Crippen molar-refractivity contribution in [3.63, 3.8) is 0 Å². The Hall–Kier alpha value is -5.03. The maximum Gasteiger partial charge on any atom is 0.269 e. The molecule has 4 aromatic rings. The van der Waals surface area contributed by atoms with E-state index in [4.69, 9.17) is 0 Å². The van der Waals surface area contributed by atoms with Gasteiger partial charge in [0.25, 0.3) is 11.4 Å². The normalized spacial score (nSPS) is 11.7. The van der Waals surface area contributed by atoms with E-state index in [1.54, 1.807) is 24.3 Å². The first-order valence-corrected chi connectivity index (χ1v) is 12.2. The van der Waals surface area contributed by atoms with Crippen LogP contribution >= 0.6 is 0 Å². The summed E-state index contributed by atoms with van der Waals surface area (Å²) in [6.45, 7) is 0. The van der Waals surface area contributed by atoms with Gasteiger partial charge in [-0.3, -0.25) is 30.2 Å². The molecule has 0 unspecified atom stereocenters. The molecule has 0 aliphatic carbocycles. The number of hydrogen-bond acceptors (Lipinski definition) is 8. The molecule has 0 aromatic heterocycles. The predicted octanol–water partition coefficient (Wildman–Crippen LogP) is 5.84. The number of hydrogen-bond donors (Lipinski definition) is 0. The van der Waals surface area contributed by atoms with Crippen LogP contribution in [-0.4, -0.2) is 30.7 Å². The fourth-order valence-electron chi connectivity index (χ4n) is 3.22. The number of rotatable bonds is 8. The predicted molar refractivity (Wildman–Crippen MR) is 139 cm³/mol. The van der Waals surface area contributed by atoms with Crippen LogP contribution < -0.4 is 0 Å². The van der Waals surface area contributed by atoms with Gasteiger partial charge in [-0.05, 0) is 59.7 Å². The summed E-state index contributed by atoms with van der Waals surface area (Å²) < 4.78 is 26.0. The minimum Gasteiger partial charge on any atom is -0.258 e. The molecule has 0 aliphatic heterocycles. The van der Waals surface area contributed by atoms with Crippen LogP contribution in [-0.2, 0) is 9.84 Å². The molecule has 0 radical (unpaired) electrons. The fraction of sp³-hybridized carbons (Fsp3) is 0. The summed E-state index contributed by atoms with van der Waals surface area (Å²) in [6, 6.07) is 23.9. The van der Waals surface area contributed by atoms with Gasteiger partial charge < -0.3 is 0 Å². The van der Waals surface area contributed by atoms with E-state index in [1.165, 1.54) is 85.2 Å². The smallest absolute Gasteiger partial charge is 0.258 e. The molecule has 11 heteroatoms. The lowest BCUT2D eigenvalue weighted by atomic mass is 10.2. The summed E-state index contributed by atoms with van der Waals surface area (Å²) in [6.07, 6.45) is 3.08. The van der Waals surface area contributed by atoms with Gasteiger partial charge in [-0.15, -0.1) is 0 Å². The van der Waals surface area contributed by atoms with Crippen LogP contribution in [0.4, 0.5) is 22.7 Å². The number of nitro groups is 2. The van der Waals surface area contributed by atoms with Crippen molar-refractivity contribution in [3.05, 3.63) is 128 Å². The zero-order valence-electron chi connectivity index (χ0n) is 19.0. The first-order valence-electron chi connectivity index (χ1n) is 10.7. The van der Waals surface area contributed by atoms with Gasteiger partial charge in [0, 0.05) is 36.7 Å². The Morgan fingerprint density at radius 2 is 0.865 bits per heavy atom. The standard InChI is InChI=1S/C26H18N4O6S/c31-29(32)23-9-5-21(6-10-23)27-17-19-1-13-25(14-2-19)37(35,36)26-15-3-20(4-16-26)18-28-22-7-11-24(12-8-22)30(33)34/h1-18H. The largest absolute Gasteiger partial charge is 0.269 e. The van der Waals surface area contributed by atoms with E-state index in [0.29, 0.717) is 22.5 Å². The molecule has 37 heavy (non-hydrogen) atoms. The highest BCUT2D eigenvalue weighted by Gasteiger charge is 2.17. The second-order valence-electron chi connectivity index (χ2n) is 7.70. The van der Waals surface area contributed by atoms with Gasteiger partial charge in [0.2, 0.25) is 9.84 Å². The van der Waals surface area contributed by atoms with Crippen molar-refractivity contribution in [2.45, 2.75) is 9.79 Å². The second-order valence-corrected chi connectivity index (χ2v) is 9.65. The molecule has 0 saturated heterocycles. The Morgan fingerprint density at radius 1 is 0.541 bits per heavy atom. The maximum absolute atomic E-state index is 13.0. The van der Waals surface area contributed by atoms with Crippen LogP contribution in [0.2, 0.25) is 0 Å². The van der Waals surface area contributed by atoms with Gasteiger partial charge in [-0.1, -0.05) is 24.3 Å². The van der Waals surface area contributed by atoms with E-state index >= 15 is 0 Å². The van der Waals surface area contributed by atoms with E-state index in [2.05, 4.69) is 9.98 Å². The van der Waals surface area contributed by atoms with Crippen LogP contribution in [0.1, 0.15) is 11.1 Å². The molecule has 4 aromatic carbocycles. The molecular weight excluding hydrogens is 496 g/mol. The minimum atomic E-state index is -3.75.